The number of halogens is 1. The summed E-state index contributed by atoms with van der Waals surface area (Å²) in [5, 5.41) is 3.16. The predicted octanol–water partition coefficient (Wildman–Crippen LogP) is 3.27. The minimum absolute atomic E-state index is 0.166. The third kappa shape index (κ3) is 5.49. The van der Waals surface area contributed by atoms with E-state index in [-0.39, 0.29) is 18.4 Å². The quantitative estimate of drug-likeness (QED) is 0.771. The van der Waals surface area contributed by atoms with Gasteiger partial charge >= 0.3 is 0 Å². The van der Waals surface area contributed by atoms with E-state index in [9.17, 15) is 9.59 Å². The molecule has 0 aliphatic heterocycles. The molecule has 2 aromatic rings. The first kappa shape index (κ1) is 19.8. The van der Waals surface area contributed by atoms with E-state index < -0.39 is 6.04 Å². The normalized spacial score (nSPS) is 11.5. The number of benzene rings is 2. The minimum atomic E-state index is -0.560. The number of hydrogen-bond donors (Lipinski definition) is 1. The Bertz CT molecular complexity index is 737. The summed E-state index contributed by atoms with van der Waals surface area (Å²) in [6.07, 6.45) is 0.509. The Morgan fingerprint density at radius 1 is 1.15 bits per heavy atom. The highest BCUT2D eigenvalue weighted by Crippen LogP contribution is 2.18. The lowest BCUT2D eigenvalue weighted by Gasteiger charge is -2.30. The highest BCUT2D eigenvalue weighted by atomic mass is 35.5. The van der Waals surface area contributed by atoms with Crippen molar-refractivity contribution in [2.75, 3.05) is 13.7 Å². The van der Waals surface area contributed by atoms with Crippen molar-refractivity contribution in [2.24, 2.45) is 0 Å². The van der Waals surface area contributed by atoms with Crippen LogP contribution in [0.4, 0.5) is 0 Å². The maximum Gasteiger partial charge on any atom is 0.261 e. The van der Waals surface area contributed by atoms with Gasteiger partial charge in [0.25, 0.3) is 5.91 Å². The lowest BCUT2D eigenvalue weighted by molar-refractivity contribution is -0.142. The second-order valence-electron chi connectivity index (χ2n) is 5.79. The largest absolute Gasteiger partial charge is 0.484 e. The summed E-state index contributed by atoms with van der Waals surface area (Å²) in [6, 6.07) is 15.9. The summed E-state index contributed by atoms with van der Waals surface area (Å²) in [5.41, 5.74) is 0.950. The molecule has 2 aromatic carbocycles. The molecule has 0 unspecified atom stereocenters. The van der Waals surface area contributed by atoms with E-state index in [1.165, 1.54) is 0 Å². The van der Waals surface area contributed by atoms with E-state index in [1.807, 2.05) is 37.3 Å². The molecule has 0 radical (unpaired) electrons. The highest BCUT2D eigenvalue weighted by molar-refractivity contribution is 6.30. The van der Waals surface area contributed by atoms with Gasteiger partial charge < -0.3 is 15.0 Å². The molecule has 0 aliphatic carbocycles. The van der Waals surface area contributed by atoms with Crippen LogP contribution in [-0.2, 0) is 16.1 Å². The van der Waals surface area contributed by atoms with Crippen LogP contribution in [0.25, 0.3) is 0 Å². The summed E-state index contributed by atoms with van der Waals surface area (Å²) < 4.78 is 5.57. The Morgan fingerprint density at radius 3 is 2.50 bits per heavy atom. The van der Waals surface area contributed by atoms with E-state index in [0.717, 1.165) is 5.56 Å². The number of amides is 2. The molecule has 26 heavy (non-hydrogen) atoms. The van der Waals surface area contributed by atoms with Crippen molar-refractivity contribution in [3.63, 3.8) is 0 Å². The van der Waals surface area contributed by atoms with Crippen LogP contribution in [0.2, 0.25) is 5.02 Å². The summed E-state index contributed by atoms with van der Waals surface area (Å²) in [5.74, 6) is 0.0577. The third-order valence-electron chi connectivity index (χ3n) is 3.99. The molecule has 2 amide bonds. The summed E-state index contributed by atoms with van der Waals surface area (Å²) in [4.78, 5) is 26.6. The number of hydrogen-bond acceptors (Lipinski definition) is 3. The Kier molecular flexibility index (Phi) is 7.48. The van der Waals surface area contributed by atoms with E-state index in [2.05, 4.69) is 5.32 Å². The molecule has 2 rings (SSSR count). The Balaban J connectivity index is 2.15. The number of ether oxygens (including phenoxy) is 1. The van der Waals surface area contributed by atoms with Gasteiger partial charge in [0.1, 0.15) is 11.8 Å². The molecule has 0 saturated carbocycles. The second kappa shape index (κ2) is 9.82. The number of rotatable bonds is 8. The van der Waals surface area contributed by atoms with Gasteiger partial charge in [-0.25, -0.2) is 0 Å². The molecule has 0 saturated heterocycles. The molecular formula is C20H23ClN2O3. The van der Waals surface area contributed by atoms with Gasteiger partial charge in [0.2, 0.25) is 5.91 Å². The van der Waals surface area contributed by atoms with Gasteiger partial charge in [0, 0.05) is 18.6 Å². The van der Waals surface area contributed by atoms with Crippen molar-refractivity contribution in [2.45, 2.75) is 25.9 Å². The maximum atomic E-state index is 12.8. The molecule has 138 valence electrons. The zero-order valence-corrected chi connectivity index (χ0v) is 15.7. The van der Waals surface area contributed by atoms with Crippen molar-refractivity contribution >= 4 is 23.4 Å². The fourth-order valence-electron chi connectivity index (χ4n) is 2.65. The van der Waals surface area contributed by atoms with E-state index in [4.69, 9.17) is 16.3 Å². The van der Waals surface area contributed by atoms with Gasteiger partial charge in [0.05, 0.1) is 0 Å². The van der Waals surface area contributed by atoms with E-state index in [0.29, 0.717) is 23.7 Å². The van der Waals surface area contributed by atoms with Crippen LogP contribution in [0.1, 0.15) is 18.9 Å². The van der Waals surface area contributed by atoms with Gasteiger partial charge in [0.15, 0.2) is 6.61 Å². The molecule has 5 nitrogen and oxygen atoms in total. The fraction of sp³-hybridized carbons (Fsp3) is 0.300. The van der Waals surface area contributed by atoms with Crippen molar-refractivity contribution in [1.29, 1.82) is 0 Å². The molecule has 0 aliphatic rings. The van der Waals surface area contributed by atoms with Gasteiger partial charge in [-0.2, -0.15) is 0 Å². The monoisotopic (exact) mass is 374 g/mol. The van der Waals surface area contributed by atoms with Crippen LogP contribution >= 0.6 is 11.6 Å². The Labute approximate surface area is 158 Å². The molecule has 0 fully saturated rings. The maximum absolute atomic E-state index is 12.8. The van der Waals surface area contributed by atoms with Crippen LogP contribution in [0.15, 0.2) is 54.6 Å². The van der Waals surface area contributed by atoms with Crippen molar-refractivity contribution < 1.29 is 14.3 Å². The average Bonchev–Trinajstić information content (AvgIpc) is 2.66. The van der Waals surface area contributed by atoms with Crippen molar-refractivity contribution in [1.82, 2.24) is 10.2 Å². The van der Waals surface area contributed by atoms with Crippen molar-refractivity contribution in [3.8, 4) is 5.75 Å². The molecule has 0 spiro atoms. The predicted molar refractivity (Wildman–Crippen MR) is 102 cm³/mol. The fourth-order valence-corrected chi connectivity index (χ4v) is 2.83. The minimum Gasteiger partial charge on any atom is -0.484 e. The summed E-state index contributed by atoms with van der Waals surface area (Å²) >= 11 is 5.94. The Hall–Kier alpha value is -2.53. The molecular weight excluding hydrogens is 352 g/mol. The first-order chi connectivity index (χ1) is 12.5. The van der Waals surface area contributed by atoms with Crippen LogP contribution in [-0.4, -0.2) is 36.4 Å². The SMILES string of the molecule is CC[C@H](C(=O)NC)N(Cc1ccccc1)C(=O)COc1cccc(Cl)c1. The first-order valence-corrected chi connectivity index (χ1v) is 8.86. The first-order valence-electron chi connectivity index (χ1n) is 8.48. The molecule has 6 heteroatoms. The molecule has 0 aromatic heterocycles. The average molecular weight is 375 g/mol. The van der Waals surface area contributed by atoms with Gasteiger partial charge in [-0.3, -0.25) is 9.59 Å². The lowest BCUT2D eigenvalue weighted by Crippen LogP contribution is -2.49. The van der Waals surface area contributed by atoms with Gasteiger partial charge in [-0.15, -0.1) is 0 Å². The summed E-state index contributed by atoms with van der Waals surface area (Å²) in [7, 11) is 1.57. The molecule has 0 bridgehead atoms. The van der Waals surface area contributed by atoms with Crippen LogP contribution in [0.3, 0.4) is 0 Å². The zero-order valence-electron chi connectivity index (χ0n) is 14.9. The zero-order chi connectivity index (χ0) is 18.9. The standard InChI is InChI=1S/C20H23ClN2O3/c1-3-18(20(25)22-2)23(13-15-8-5-4-6-9-15)19(24)14-26-17-11-7-10-16(21)12-17/h4-12,18H,3,13-14H2,1-2H3,(H,22,25)/t18-/m1/s1. The number of carbonyl (C=O) groups is 2. The number of nitrogens with one attached hydrogen (secondary N) is 1. The molecule has 0 heterocycles. The highest BCUT2D eigenvalue weighted by Gasteiger charge is 2.28. The number of likely N-dealkylation sites (N-methyl/N-ethyl adjacent to an activating group) is 1. The molecule has 1 N–H and O–H groups in total. The van der Waals surface area contributed by atoms with Gasteiger partial charge in [-0.1, -0.05) is 54.9 Å². The topological polar surface area (TPSA) is 58.6 Å². The molecule has 1 atom stereocenters. The van der Waals surface area contributed by atoms with Crippen LogP contribution in [0, 0.1) is 0 Å². The van der Waals surface area contributed by atoms with Crippen molar-refractivity contribution in [3.05, 3.63) is 65.2 Å². The number of nitrogens with zero attached hydrogens (tertiary/aromatic N) is 1. The summed E-state index contributed by atoms with van der Waals surface area (Å²) in [6.45, 7) is 2.05. The third-order valence-corrected chi connectivity index (χ3v) is 4.22. The smallest absolute Gasteiger partial charge is 0.261 e. The van der Waals surface area contributed by atoms with E-state index >= 15 is 0 Å². The lowest BCUT2D eigenvalue weighted by atomic mass is 10.1. The Morgan fingerprint density at radius 2 is 1.88 bits per heavy atom. The van der Waals surface area contributed by atoms with Crippen LogP contribution < -0.4 is 10.1 Å². The number of carbonyl (C=O) groups excluding carboxylic acids is 2. The van der Waals surface area contributed by atoms with Crippen LogP contribution in [0.5, 0.6) is 5.75 Å². The van der Waals surface area contributed by atoms with E-state index in [1.54, 1.807) is 36.2 Å². The second-order valence-corrected chi connectivity index (χ2v) is 6.23. The van der Waals surface area contributed by atoms with Gasteiger partial charge in [-0.05, 0) is 30.2 Å².